The van der Waals surface area contributed by atoms with Gasteiger partial charge in [0.25, 0.3) is 0 Å². The molecular weight excluding hydrogens is 373 g/mol. The molecule has 28 heavy (non-hydrogen) atoms. The smallest absolute Gasteiger partial charge is 0.372 e. The van der Waals surface area contributed by atoms with E-state index in [9.17, 15) is 13.2 Å². The fourth-order valence-electron chi connectivity index (χ4n) is 3.49. The van der Waals surface area contributed by atoms with Gasteiger partial charge < -0.3 is 10.6 Å². The molecule has 4 rings (SSSR count). The van der Waals surface area contributed by atoms with Gasteiger partial charge in [-0.1, -0.05) is 0 Å². The molecule has 0 saturated carbocycles. The van der Waals surface area contributed by atoms with E-state index in [1.165, 1.54) is 12.7 Å². The summed E-state index contributed by atoms with van der Waals surface area (Å²) in [6.45, 7) is 1.82. The van der Waals surface area contributed by atoms with Crippen LogP contribution in [0.15, 0.2) is 18.6 Å². The SMILES string of the molecule is CNc1nc(Nc2cn(C3CCc4c3cnn4C)nc2C)ncc1C(F)(F)F. The standard InChI is InChI=1S/C17H19F3N8/c1-9-12(24-16-22-7-11(17(18,19)20)15(21-2)25-16)8-28(26-9)14-5-4-13-10(14)6-23-27(13)3/h6-8,14H,4-5H2,1-3H3,(H2,21,22,24,25). The van der Waals surface area contributed by atoms with Crippen molar-refractivity contribution in [1.29, 1.82) is 0 Å². The van der Waals surface area contributed by atoms with Gasteiger partial charge >= 0.3 is 6.18 Å². The summed E-state index contributed by atoms with van der Waals surface area (Å²) in [5.41, 5.74) is 2.76. The van der Waals surface area contributed by atoms with E-state index >= 15 is 0 Å². The zero-order chi connectivity index (χ0) is 20.1. The summed E-state index contributed by atoms with van der Waals surface area (Å²) >= 11 is 0. The van der Waals surface area contributed by atoms with Crippen LogP contribution in [0.5, 0.6) is 0 Å². The Kier molecular flexibility index (Phi) is 4.24. The summed E-state index contributed by atoms with van der Waals surface area (Å²) in [6.07, 6.45) is 1.76. The van der Waals surface area contributed by atoms with Crippen molar-refractivity contribution in [3.8, 4) is 0 Å². The van der Waals surface area contributed by atoms with Gasteiger partial charge in [0.05, 0.1) is 23.6 Å². The van der Waals surface area contributed by atoms with Gasteiger partial charge in [-0.15, -0.1) is 0 Å². The first kappa shape index (κ1) is 18.3. The fourth-order valence-corrected chi connectivity index (χ4v) is 3.49. The van der Waals surface area contributed by atoms with Crippen LogP contribution >= 0.6 is 0 Å². The van der Waals surface area contributed by atoms with Gasteiger partial charge in [0.2, 0.25) is 5.95 Å². The quantitative estimate of drug-likeness (QED) is 0.710. The molecule has 148 valence electrons. The molecule has 3 heterocycles. The molecule has 11 heteroatoms. The van der Waals surface area contributed by atoms with Crippen molar-refractivity contribution >= 4 is 17.5 Å². The minimum absolute atomic E-state index is 0.0634. The molecule has 0 fully saturated rings. The molecular formula is C17H19F3N8. The van der Waals surface area contributed by atoms with Gasteiger partial charge in [-0.05, 0) is 19.8 Å². The number of nitrogens with one attached hydrogen (secondary N) is 2. The second-order valence-corrected chi connectivity index (χ2v) is 6.66. The zero-order valence-electron chi connectivity index (χ0n) is 15.5. The molecule has 0 radical (unpaired) electrons. The Balaban J connectivity index is 1.60. The Labute approximate surface area is 158 Å². The summed E-state index contributed by atoms with van der Waals surface area (Å²) in [5.74, 6) is -0.223. The lowest BCUT2D eigenvalue weighted by atomic mass is 10.2. The molecule has 0 bridgehead atoms. The topological polar surface area (TPSA) is 85.5 Å². The maximum Gasteiger partial charge on any atom is 0.421 e. The molecule has 2 N–H and O–H groups in total. The van der Waals surface area contributed by atoms with Gasteiger partial charge in [-0.2, -0.15) is 28.4 Å². The van der Waals surface area contributed by atoms with E-state index in [1.807, 2.05) is 35.7 Å². The van der Waals surface area contributed by atoms with E-state index < -0.39 is 11.7 Å². The predicted octanol–water partition coefficient (Wildman–Crippen LogP) is 3.05. The van der Waals surface area contributed by atoms with Crippen LogP contribution in [0.2, 0.25) is 0 Å². The van der Waals surface area contributed by atoms with Gasteiger partial charge in [0.15, 0.2) is 0 Å². The molecule has 1 atom stereocenters. The molecule has 0 saturated heterocycles. The molecule has 0 aliphatic heterocycles. The Morgan fingerprint density at radius 1 is 1.25 bits per heavy atom. The normalized spacial score (nSPS) is 16.3. The second kappa shape index (κ2) is 6.50. The van der Waals surface area contributed by atoms with E-state index in [0.29, 0.717) is 11.4 Å². The number of halogens is 3. The number of hydrogen-bond donors (Lipinski definition) is 2. The first-order chi connectivity index (χ1) is 13.3. The van der Waals surface area contributed by atoms with E-state index in [0.717, 1.165) is 24.6 Å². The molecule has 1 unspecified atom stereocenters. The number of rotatable bonds is 4. The lowest BCUT2D eigenvalue weighted by molar-refractivity contribution is -0.137. The highest BCUT2D eigenvalue weighted by Crippen LogP contribution is 2.36. The molecule has 3 aromatic heterocycles. The van der Waals surface area contributed by atoms with Crippen LogP contribution in [0.4, 0.5) is 30.6 Å². The third kappa shape index (κ3) is 3.06. The molecule has 8 nitrogen and oxygen atoms in total. The lowest BCUT2D eigenvalue weighted by Crippen LogP contribution is -2.12. The Morgan fingerprint density at radius 3 is 2.75 bits per heavy atom. The number of nitrogens with zero attached hydrogens (tertiary/aromatic N) is 6. The van der Waals surface area contributed by atoms with E-state index in [-0.39, 0.29) is 17.8 Å². The molecule has 0 aromatic carbocycles. The highest BCUT2D eigenvalue weighted by Gasteiger charge is 2.35. The maximum absolute atomic E-state index is 13.0. The zero-order valence-corrected chi connectivity index (χ0v) is 15.5. The highest BCUT2D eigenvalue weighted by atomic mass is 19.4. The van der Waals surface area contributed by atoms with Gasteiger partial charge in [0.1, 0.15) is 11.4 Å². The van der Waals surface area contributed by atoms with Crippen LogP contribution in [0, 0.1) is 6.92 Å². The summed E-state index contributed by atoms with van der Waals surface area (Å²) in [4.78, 5) is 7.74. The van der Waals surface area contributed by atoms with Crippen molar-refractivity contribution in [3.05, 3.63) is 41.1 Å². The van der Waals surface area contributed by atoms with Gasteiger partial charge in [-0.25, -0.2) is 4.98 Å². The fraction of sp³-hybridized carbons (Fsp3) is 0.412. The minimum Gasteiger partial charge on any atom is -0.372 e. The average molecular weight is 392 g/mol. The van der Waals surface area contributed by atoms with Crippen molar-refractivity contribution in [3.63, 3.8) is 0 Å². The summed E-state index contributed by atoms with van der Waals surface area (Å²) in [6, 6.07) is 0.0827. The number of anilines is 3. The molecule has 0 amide bonds. The van der Waals surface area contributed by atoms with Crippen LogP contribution in [-0.4, -0.2) is 36.6 Å². The van der Waals surface area contributed by atoms with Gasteiger partial charge in [-0.3, -0.25) is 9.36 Å². The number of hydrogen-bond acceptors (Lipinski definition) is 6. The largest absolute Gasteiger partial charge is 0.421 e. The van der Waals surface area contributed by atoms with Crippen LogP contribution in [0.1, 0.15) is 35.0 Å². The first-order valence-corrected chi connectivity index (χ1v) is 8.73. The van der Waals surface area contributed by atoms with Crippen molar-refractivity contribution in [2.75, 3.05) is 17.7 Å². The van der Waals surface area contributed by atoms with Crippen LogP contribution < -0.4 is 10.6 Å². The predicted molar refractivity (Wildman–Crippen MR) is 96.5 cm³/mol. The van der Waals surface area contributed by atoms with Gasteiger partial charge in [0, 0.05) is 37.7 Å². The molecule has 3 aromatic rings. The molecule has 1 aliphatic carbocycles. The highest BCUT2D eigenvalue weighted by molar-refractivity contribution is 5.58. The van der Waals surface area contributed by atoms with E-state index in [2.05, 4.69) is 30.8 Å². The number of aryl methyl sites for hydroxylation is 2. The number of alkyl halides is 3. The maximum atomic E-state index is 13.0. The van der Waals surface area contributed by atoms with E-state index in [4.69, 9.17) is 0 Å². The second-order valence-electron chi connectivity index (χ2n) is 6.66. The molecule has 0 spiro atoms. The minimum atomic E-state index is -4.53. The number of aromatic nitrogens is 6. The summed E-state index contributed by atoms with van der Waals surface area (Å²) in [5, 5.41) is 14.3. The van der Waals surface area contributed by atoms with Crippen LogP contribution in [0.25, 0.3) is 0 Å². The van der Waals surface area contributed by atoms with Crippen molar-refractivity contribution in [2.45, 2.75) is 32.0 Å². The van der Waals surface area contributed by atoms with Crippen molar-refractivity contribution in [1.82, 2.24) is 29.5 Å². The molecule has 1 aliphatic rings. The van der Waals surface area contributed by atoms with Crippen LogP contribution in [0.3, 0.4) is 0 Å². The summed E-state index contributed by atoms with van der Waals surface area (Å²) in [7, 11) is 3.31. The third-order valence-electron chi connectivity index (χ3n) is 4.92. The van der Waals surface area contributed by atoms with Crippen molar-refractivity contribution < 1.29 is 13.2 Å². The Hall–Kier alpha value is -3.11. The summed E-state index contributed by atoms with van der Waals surface area (Å²) < 4.78 is 42.7. The third-order valence-corrected chi connectivity index (χ3v) is 4.92. The number of fused-ring (bicyclic) bond motifs is 1. The van der Waals surface area contributed by atoms with E-state index in [1.54, 1.807) is 0 Å². The lowest BCUT2D eigenvalue weighted by Gasteiger charge is -2.12. The van der Waals surface area contributed by atoms with Crippen molar-refractivity contribution in [2.24, 2.45) is 7.05 Å². The average Bonchev–Trinajstić information content (AvgIpc) is 3.31. The monoisotopic (exact) mass is 392 g/mol. The first-order valence-electron chi connectivity index (χ1n) is 8.73. The Bertz CT molecular complexity index is 1020. The van der Waals surface area contributed by atoms with Crippen LogP contribution in [-0.2, 0) is 19.6 Å². The Morgan fingerprint density at radius 2 is 2.04 bits per heavy atom.